The summed E-state index contributed by atoms with van der Waals surface area (Å²) < 4.78 is 34.1. The van der Waals surface area contributed by atoms with Crippen LogP contribution in [0, 0.1) is 18.7 Å². The predicted molar refractivity (Wildman–Crippen MR) is 301 cm³/mol. The molecular formula is C60H90FN7O10. The summed E-state index contributed by atoms with van der Waals surface area (Å²) in [5.74, 6) is -2.13. The lowest BCUT2D eigenvalue weighted by molar-refractivity contribution is -0.148. The number of amides is 4. The number of aryl methyl sites for hydroxylation is 1. The second-order valence-electron chi connectivity index (χ2n) is 22.8. The van der Waals surface area contributed by atoms with E-state index in [1.54, 1.807) is 29.5 Å². The van der Waals surface area contributed by atoms with Crippen LogP contribution in [0.5, 0.6) is 0 Å². The summed E-state index contributed by atoms with van der Waals surface area (Å²) in [5.41, 5.74) is 4.37. The Balaban J connectivity index is 0.00000365. The molecule has 4 atom stereocenters. The number of fused-ring (bicyclic) bond motifs is 5. The van der Waals surface area contributed by atoms with Crippen molar-refractivity contribution in [1.82, 2.24) is 35.7 Å². The molecule has 78 heavy (non-hydrogen) atoms. The van der Waals surface area contributed by atoms with E-state index in [0.29, 0.717) is 124 Å². The topological polar surface area (TPSA) is 220 Å². The molecule has 0 saturated heterocycles. The number of aromatic nitrogens is 2. The van der Waals surface area contributed by atoms with E-state index < -0.39 is 29.6 Å². The number of pyridine rings is 2. The van der Waals surface area contributed by atoms with Gasteiger partial charge in [-0.05, 0) is 160 Å². The standard InChI is InChI=1S/C57H82FN7O10.C3H8/c1-10-19-36(51(68)60-27-17-14-21-43(61-47(67)22-13-12-16-26-59-34-66)52(69)63-57(7,8)25-29-75-56(4,5)6)20-15-18-28-73-55(72)64(9)45-24-23-38-35(3)42(58)31-44-48(38)49(45)40-32-65-46(50(40)62-44)30-39-37(11-2)54(71)74-33-41(39)53(65)70;1-3-2/h18,28,30-31,36-37,43,45,59,66H,10-17,19-27,29,32-34H2,1-9H3,(H,60,68)(H,61,67)(H,63,69);3H2,1-2H3/b28-18+;. The summed E-state index contributed by atoms with van der Waals surface area (Å²) in [5, 5.41) is 21.7. The molecule has 4 amide bonds. The summed E-state index contributed by atoms with van der Waals surface area (Å²) in [4.78, 5) is 87.2. The number of nitrogens with one attached hydrogen (secondary N) is 4. The molecule has 432 valence electrons. The molecule has 1 aliphatic carbocycles. The van der Waals surface area contributed by atoms with Crippen LogP contribution < -0.4 is 26.8 Å². The molecule has 0 spiro atoms. The van der Waals surface area contributed by atoms with E-state index >= 15 is 4.39 Å². The molecule has 18 heteroatoms. The number of rotatable bonds is 27. The number of nitrogens with zero attached hydrogens (tertiary/aromatic N) is 3. The molecule has 4 unspecified atom stereocenters. The Hall–Kier alpha value is -5.72. The number of ether oxygens (including phenoxy) is 3. The number of unbranched alkanes of at least 4 members (excludes halogenated alkanes) is 3. The van der Waals surface area contributed by atoms with Crippen molar-refractivity contribution in [2.24, 2.45) is 5.92 Å². The molecule has 0 saturated carbocycles. The van der Waals surface area contributed by atoms with Gasteiger partial charge in [0.15, 0.2) is 0 Å². The zero-order valence-corrected chi connectivity index (χ0v) is 48.5. The number of hydrogen-bond donors (Lipinski definition) is 5. The maximum absolute atomic E-state index is 15.5. The van der Waals surface area contributed by atoms with Crippen molar-refractivity contribution in [1.29, 1.82) is 0 Å². The first-order chi connectivity index (χ1) is 37.1. The van der Waals surface area contributed by atoms with Gasteiger partial charge in [0.2, 0.25) is 17.7 Å². The third-order valence-corrected chi connectivity index (χ3v) is 14.8. The lowest BCUT2D eigenvalue weighted by Gasteiger charge is -2.34. The second-order valence-corrected chi connectivity index (χ2v) is 22.8. The molecule has 0 fully saturated rings. The zero-order valence-electron chi connectivity index (χ0n) is 48.5. The van der Waals surface area contributed by atoms with Crippen LogP contribution in [0.15, 0.2) is 29.3 Å². The van der Waals surface area contributed by atoms with Crippen LogP contribution in [0.25, 0.3) is 22.3 Å². The van der Waals surface area contributed by atoms with E-state index in [0.717, 1.165) is 41.3 Å². The average Bonchev–Trinajstić information content (AvgIpc) is 3.97. The molecule has 0 bridgehead atoms. The molecule has 4 heterocycles. The van der Waals surface area contributed by atoms with Gasteiger partial charge in [0, 0.05) is 55.1 Å². The molecule has 2 aromatic heterocycles. The number of hydrogen-bond acceptors (Lipinski definition) is 12. The van der Waals surface area contributed by atoms with E-state index in [4.69, 9.17) is 24.3 Å². The summed E-state index contributed by atoms with van der Waals surface area (Å²) in [6.07, 6.45) is 12.5. The fraction of sp³-hybridized carbons (Fsp3) is 0.650. The van der Waals surface area contributed by atoms with Gasteiger partial charge in [-0.25, -0.2) is 14.2 Å². The Labute approximate surface area is 461 Å². The Morgan fingerprint density at radius 3 is 2.38 bits per heavy atom. The minimum absolute atomic E-state index is 0.0709. The van der Waals surface area contributed by atoms with Gasteiger partial charge in [0.1, 0.15) is 18.5 Å². The first-order valence-corrected chi connectivity index (χ1v) is 28.6. The Morgan fingerprint density at radius 1 is 0.962 bits per heavy atom. The lowest BCUT2D eigenvalue weighted by Crippen LogP contribution is -2.53. The molecular weight excluding hydrogens is 998 g/mol. The van der Waals surface area contributed by atoms with Crippen LogP contribution in [0.1, 0.15) is 204 Å². The molecule has 3 aromatic rings. The zero-order chi connectivity index (χ0) is 57.3. The minimum Gasteiger partial charge on any atom is -0.460 e. The fourth-order valence-corrected chi connectivity index (χ4v) is 10.6. The van der Waals surface area contributed by atoms with Gasteiger partial charge in [0.25, 0.3) is 5.56 Å². The smallest absolute Gasteiger partial charge is 0.414 e. The van der Waals surface area contributed by atoms with E-state index in [-0.39, 0.29) is 72.9 Å². The van der Waals surface area contributed by atoms with Gasteiger partial charge in [-0.15, -0.1) is 0 Å². The lowest BCUT2D eigenvalue weighted by atomic mass is 9.81. The second kappa shape index (κ2) is 29.5. The van der Waals surface area contributed by atoms with Gasteiger partial charge in [-0.2, -0.15) is 0 Å². The molecule has 2 aliphatic heterocycles. The summed E-state index contributed by atoms with van der Waals surface area (Å²) in [6, 6.07) is 2.05. The largest absolute Gasteiger partial charge is 0.460 e. The number of carbonyl (C=O) groups is 5. The highest BCUT2D eigenvalue weighted by Crippen LogP contribution is 2.47. The van der Waals surface area contributed by atoms with E-state index in [2.05, 4.69) is 35.1 Å². The van der Waals surface area contributed by atoms with Crippen molar-refractivity contribution in [3.8, 4) is 11.4 Å². The normalized spacial score (nSPS) is 16.3. The quantitative estimate of drug-likeness (QED) is 0.0163. The van der Waals surface area contributed by atoms with Crippen LogP contribution >= 0.6 is 0 Å². The highest BCUT2D eigenvalue weighted by atomic mass is 19.1. The molecule has 6 rings (SSSR count). The minimum atomic E-state index is -0.738. The molecule has 0 radical (unpaired) electrons. The Morgan fingerprint density at radius 2 is 1.69 bits per heavy atom. The third-order valence-electron chi connectivity index (χ3n) is 14.8. The average molecular weight is 1090 g/mol. The number of benzene rings is 1. The van der Waals surface area contributed by atoms with Crippen LogP contribution in [0.3, 0.4) is 0 Å². The van der Waals surface area contributed by atoms with Gasteiger partial charge in [-0.3, -0.25) is 29.3 Å². The number of aliphatic hydroxyl groups is 1. The maximum Gasteiger partial charge on any atom is 0.414 e. The van der Waals surface area contributed by atoms with Crippen molar-refractivity contribution in [3.05, 3.63) is 74.0 Å². The molecule has 1 aromatic carbocycles. The van der Waals surface area contributed by atoms with Crippen LogP contribution in [0.2, 0.25) is 0 Å². The van der Waals surface area contributed by atoms with Crippen molar-refractivity contribution >= 4 is 40.7 Å². The van der Waals surface area contributed by atoms with E-state index in [1.165, 1.54) is 18.7 Å². The number of carbonyl (C=O) groups excluding carboxylic acids is 5. The number of halogens is 1. The predicted octanol–water partition coefficient (Wildman–Crippen LogP) is 9.58. The van der Waals surface area contributed by atoms with E-state index in [1.807, 2.05) is 54.5 Å². The van der Waals surface area contributed by atoms with E-state index in [9.17, 15) is 28.8 Å². The highest BCUT2D eigenvalue weighted by molar-refractivity contribution is 5.94. The van der Waals surface area contributed by atoms with Crippen molar-refractivity contribution in [2.45, 2.75) is 214 Å². The van der Waals surface area contributed by atoms with Gasteiger partial charge >= 0.3 is 12.1 Å². The number of cyclic esters (lactones) is 1. The van der Waals surface area contributed by atoms with Crippen molar-refractivity contribution in [3.63, 3.8) is 0 Å². The van der Waals surface area contributed by atoms with Gasteiger partial charge in [0.05, 0.1) is 59.6 Å². The first-order valence-electron chi connectivity index (χ1n) is 28.6. The summed E-state index contributed by atoms with van der Waals surface area (Å²) in [7, 11) is 1.67. The van der Waals surface area contributed by atoms with Crippen molar-refractivity contribution < 1.29 is 47.7 Å². The summed E-state index contributed by atoms with van der Waals surface area (Å²) in [6.45, 7) is 21.3. The highest BCUT2D eigenvalue weighted by Gasteiger charge is 2.39. The third kappa shape index (κ3) is 16.7. The monoisotopic (exact) mass is 1090 g/mol. The molecule has 3 aliphatic rings. The number of allylic oxidation sites excluding steroid dienone is 1. The Bertz CT molecular complexity index is 2660. The van der Waals surface area contributed by atoms with Crippen LogP contribution in [-0.2, 0) is 53.0 Å². The van der Waals surface area contributed by atoms with Gasteiger partial charge < -0.3 is 44.7 Å². The first kappa shape index (κ1) is 63.1. The number of esters is 1. The van der Waals surface area contributed by atoms with Gasteiger partial charge in [-0.1, -0.05) is 47.0 Å². The molecule has 5 N–H and O–H groups in total. The summed E-state index contributed by atoms with van der Waals surface area (Å²) >= 11 is 0. The molecule has 17 nitrogen and oxygen atoms in total. The maximum atomic E-state index is 15.5. The van der Waals surface area contributed by atoms with Crippen molar-refractivity contribution in [2.75, 3.05) is 33.5 Å². The Kier molecular flexibility index (Phi) is 23.9. The van der Waals surface area contributed by atoms with Crippen LogP contribution in [0.4, 0.5) is 9.18 Å². The SMILES string of the molecule is CCC.CCCC(CC/C=C/OC(=O)N(C)C1CCc2c(C)c(F)cc3nc4c(c1c23)Cn1c-4cc2c(c1=O)COC(=O)C2CC)C(=O)NCCCCC(NC(=O)CCCCCNCO)C(=O)NC(C)(C)CCOC(C)(C)C. The fourth-order valence-electron chi connectivity index (χ4n) is 10.6. The van der Waals surface area contributed by atoms with Crippen LogP contribution in [-0.4, -0.2) is 100.0 Å². The number of aliphatic hydroxyl groups excluding tert-OH is 1.